The molecule has 4 heteroatoms. The molecule has 1 unspecified atom stereocenters. The van der Waals surface area contributed by atoms with E-state index in [9.17, 15) is 4.79 Å². The molecule has 1 heterocycles. The maximum atomic E-state index is 10.9. The van der Waals surface area contributed by atoms with E-state index in [0.717, 1.165) is 0 Å². The van der Waals surface area contributed by atoms with Gasteiger partial charge < -0.3 is 11.1 Å². The predicted molar refractivity (Wildman–Crippen MR) is 67.3 cm³/mol. The fraction of sp³-hybridized carbons (Fsp3) is 0.250. The van der Waals surface area contributed by atoms with Crippen LogP contribution in [0.15, 0.2) is 29.6 Å². The van der Waals surface area contributed by atoms with Crippen molar-refractivity contribution in [2.24, 2.45) is 5.73 Å². The fourth-order valence-electron chi connectivity index (χ4n) is 1.53. The summed E-state index contributed by atoms with van der Waals surface area (Å²) >= 11 is 1.72. The summed E-state index contributed by atoms with van der Waals surface area (Å²) in [6.07, 6.45) is 0. The van der Waals surface area contributed by atoms with E-state index in [-0.39, 0.29) is 11.9 Å². The Morgan fingerprint density at radius 1 is 1.50 bits per heavy atom. The minimum absolute atomic E-state index is 0.293. The van der Waals surface area contributed by atoms with Crippen LogP contribution < -0.4 is 11.1 Å². The first-order valence-corrected chi connectivity index (χ1v) is 6.04. The third-order valence-corrected chi connectivity index (χ3v) is 3.60. The van der Waals surface area contributed by atoms with Gasteiger partial charge in [-0.25, -0.2) is 0 Å². The van der Waals surface area contributed by atoms with Crippen LogP contribution in [0, 0.1) is 0 Å². The summed E-state index contributed by atoms with van der Waals surface area (Å²) in [5.41, 5.74) is 6.41. The monoisotopic (exact) mass is 234 g/mol. The number of nitrogens with one attached hydrogen (secondary N) is 1. The van der Waals surface area contributed by atoms with E-state index < -0.39 is 0 Å². The van der Waals surface area contributed by atoms with Gasteiger partial charge in [-0.3, -0.25) is 4.79 Å². The standard InChI is InChI=1S/C12H14N2OS/c1-8(12(13)15)14-6-9-7-16-11-5-3-2-4-10(9)11/h2-5,7-8,14H,6H2,1H3,(H2,13,15). The molecular formula is C12H14N2OS. The van der Waals surface area contributed by atoms with Crippen LogP contribution in [0.1, 0.15) is 12.5 Å². The molecule has 0 fully saturated rings. The van der Waals surface area contributed by atoms with Crippen LogP contribution in [0.2, 0.25) is 0 Å². The van der Waals surface area contributed by atoms with Gasteiger partial charge in [0, 0.05) is 11.2 Å². The van der Waals surface area contributed by atoms with Crippen molar-refractivity contribution in [1.82, 2.24) is 5.32 Å². The average molecular weight is 234 g/mol. The van der Waals surface area contributed by atoms with Crippen LogP contribution in [0.3, 0.4) is 0 Å². The molecule has 16 heavy (non-hydrogen) atoms. The molecule has 0 saturated heterocycles. The van der Waals surface area contributed by atoms with E-state index in [1.165, 1.54) is 15.6 Å². The average Bonchev–Trinajstić information content (AvgIpc) is 2.69. The highest BCUT2D eigenvalue weighted by molar-refractivity contribution is 7.17. The molecule has 0 radical (unpaired) electrons. The van der Waals surface area contributed by atoms with E-state index in [4.69, 9.17) is 5.73 Å². The second kappa shape index (κ2) is 4.63. The number of nitrogens with two attached hydrogens (primary N) is 1. The van der Waals surface area contributed by atoms with E-state index in [1.54, 1.807) is 18.3 Å². The van der Waals surface area contributed by atoms with Gasteiger partial charge in [0.25, 0.3) is 0 Å². The maximum absolute atomic E-state index is 10.9. The number of benzene rings is 1. The summed E-state index contributed by atoms with van der Waals surface area (Å²) in [5, 5.41) is 6.47. The Bertz CT molecular complexity index is 506. The van der Waals surface area contributed by atoms with Gasteiger partial charge in [0.05, 0.1) is 6.04 Å². The topological polar surface area (TPSA) is 55.1 Å². The maximum Gasteiger partial charge on any atom is 0.234 e. The van der Waals surface area contributed by atoms with Crippen molar-refractivity contribution in [3.63, 3.8) is 0 Å². The molecule has 0 bridgehead atoms. The molecule has 2 aromatic rings. The Morgan fingerprint density at radius 2 is 2.25 bits per heavy atom. The smallest absolute Gasteiger partial charge is 0.234 e. The summed E-state index contributed by atoms with van der Waals surface area (Å²) in [6, 6.07) is 7.95. The van der Waals surface area contributed by atoms with E-state index in [0.29, 0.717) is 6.54 Å². The number of hydrogen-bond donors (Lipinski definition) is 2. The SMILES string of the molecule is CC(NCc1csc2ccccc12)C(N)=O. The molecule has 3 N–H and O–H groups in total. The molecule has 1 atom stereocenters. The number of amides is 1. The van der Waals surface area contributed by atoms with Crippen LogP contribution in [-0.4, -0.2) is 11.9 Å². The fourth-order valence-corrected chi connectivity index (χ4v) is 2.50. The lowest BCUT2D eigenvalue weighted by Gasteiger charge is -2.08. The van der Waals surface area contributed by atoms with Crippen molar-refractivity contribution in [2.75, 3.05) is 0 Å². The lowest BCUT2D eigenvalue weighted by molar-refractivity contribution is -0.119. The van der Waals surface area contributed by atoms with Crippen LogP contribution in [0.4, 0.5) is 0 Å². The molecule has 0 saturated carbocycles. The Morgan fingerprint density at radius 3 is 3.00 bits per heavy atom. The molecule has 0 spiro atoms. The van der Waals surface area contributed by atoms with Crippen LogP contribution in [-0.2, 0) is 11.3 Å². The quantitative estimate of drug-likeness (QED) is 0.848. The van der Waals surface area contributed by atoms with Gasteiger partial charge in [0.2, 0.25) is 5.91 Å². The number of carbonyl (C=O) groups excluding carboxylic acids is 1. The second-order valence-electron chi connectivity index (χ2n) is 3.76. The Hall–Kier alpha value is -1.39. The van der Waals surface area contributed by atoms with Crippen LogP contribution >= 0.6 is 11.3 Å². The molecule has 0 aliphatic carbocycles. The summed E-state index contributed by atoms with van der Waals surface area (Å²) in [7, 11) is 0. The molecule has 3 nitrogen and oxygen atoms in total. The van der Waals surface area contributed by atoms with Crippen molar-refractivity contribution in [3.05, 3.63) is 35.2 Å². The van der Waals surface area contributed by atoms with Crippen molar-refractivity contribution in [1.29, 1.82) is 0 Å². The Balaban J connectivity index is 2.13. The molecule has 0 aliphatic heterocycles. The first-order chi connectivity index (χ1) is 7.68. The van der Waals surface area contributed by atoms with Crippen molar-refractivity contribution in [2.45, 2.75) is 19.5 Å². The zero-order chi connectivity index (χ0) is 11.5. The molecule has 1 aromatic carbocycles. The first-order valence-electron chi connectivity index (χ1n) is 5.16. The Kier molecular flexibility index (Phi) is 3.22. The van der Waals surface area contributed by atoms with E-state index in [2.05, 4.69) is 22.8 Å². The Labute approximate surface area is 98.3 Å². The zero-order valence-corrected chi connectivity index (χ0v) is 9.88. The highest BCUT2D eigenvalue weighted by atomic mass is 32.1. The van der Waals surface area contributed by atoms with E-state index in [1.807, 2.05) is 12.1 Å². The van der Waals surface area contributed by atoms with E-state index >= 15 is 0 Å². The van der Waals surface area contributed by atoms with Gasteiger partial charge in [-0.05, 0) is 29.3 Å². The third kappa shape index (κ3) is 2.23. The first kappa shape index (κ1) is 11.1. The molecular weight excluding hydrogens is 220 g/mol. The zero-order valence-electron chi connectivity index (χ0n) is 9.07. The minimum Gasteiger partial charge on any atom is -0.368 e. The highest BCUT2D eigenvalue weighted by Gasteiger charge is 2.09. The van der Waals surface area contributed by atoms with Gasteiger partial charge in [0.1, 0.15) is 0 Å². The van der Waals surface area contributed by atoms with Crippen LogP contribution in [0.25, 0.3) is 10.1 Å². The molecule has 2 rings (SSSR count). The van der Waals surface area contributed by atoms with Gasteiger partial charge in [-0.1, -0.05) is 18.2 Å². The summed E-state index contributed by atoms with van der Waals surface area (Å²) in [6.45, 7) is 2.45. The number of carbonyl (C=O) groups is 1. The number of primary amides is 1. The highest BCUT2D eigenvalue weighted by Crippen LogP contribution is 2.25. The van der Waals surface area contributed by atoms with Crippen molar-refractivity contribution >= 4 is 27.3 Å². The minimum atomic E-state index is -0.320. The molecule has 84 valence electrons. The molecule has 1 amide bonds. The van der Waals surface area contributed by atoms with Gasteiger partial charge in [-0.2, -0.15) is 0 Å². The lowest BCUT2D eigenvalue weighted by Crippen LogP contribution is -2.38. The molecule has 0 aliphatic rings. The van der Waals surface area contributed by atoms with Crippen LogP contribution in [0.5, 0.6) is 0 Å². The predicted octanol–water partition coefficient (Wildman–Crippen LogP) is 1.86. The number of fused-ring (bicyclic) bond motifs is 1. The summed E-state index contributed by atoms with van der Waals surface area (Å²) in [5.74, 6) is -0.320. The number of thiophene rings is 1. The summed E-state index contributed by atoms with van der Waals surface area (Å²) < 4.78 is 1.27. The third-order valence-electron chi connectivity index (χ3n) is 2.59. The van der Waals surface area contributed by atoms with Gasteiger partial charge in [0.15, 0.2) is 0 Å². The van der Waals surface area contributed by atoms with Gasteiger partial charge in [-0.15, -0.1) is 11.3 Å². The largest absolute Gasteiger partial charge is 0.368 e. The molecule has 1 aromatic heterocycles. The van der Waals surface area contributed by atoms with Gasteiger partial charge >= 0.3 is 0 Å². The lowest BCUT2D eigenvalue weighted by atomic mass is 10.1. The van der Waals surface area contributed by atoms with Crippen molar-refractivity contribution in [3.8, 4) is 0 Å². The second-order valence-corrected chi connectivity index (χ2v) is 4.67. The van der Waals surface area contributed by atoms with Crippen molar-refractivity contribution < 1.29 is 4.79 Å². The number of rotatable bonds is 4. The normalized spacial score (nSPS) is 12.8. The summed E-state index contributed by atoms with van der Waals surface area (Å²) in [4.78, 5) is 10.9. The number of hydrogen-bond acceptors (Lipinski definition) is 3.